The van der Waals surface area contributed by atoms with Gasteiger partial charge in [0.05, 0.1) is 6.10 Å². The Hall–Kier alpha value is -0.900. The molecule has 1 heterocycles. The third-order valence-electron chi connectivity index (χ3n) is 4.13. The van der Waals surface area contributed by atoms with Gasteiger partial charge >= 0.3 is 0 Å². The molecular weight excluding hydrogens is 260 g/mol. The normalized spacial score (nSPS) is 20.1. The van der Waals surface area contributed by atoms with Crippen LogP contribution in [0.2, 0.25) is 0 Å². The molecule has 1 aromatic carbocycles. The van der Waals surface area contributed by atoms with E-state index in [0.717, 1.165) is 26.2 Å². The van der Waals surface area contributed by atoms with Crippen molar-refractivity contribution in [3.05, 3.63) is 34.9 Å². The van der Waals surface area contributed by atoms with Gasteiger partial charge in [-0.25, -0.2) is 0 Å². The predicted molar refractivity (Wildman–Crippen MR) is 88.8 cm³/mol. The molecule has 21 heavy (non-hydrogen) atoms. The highest BCUT2D eigenvalue weighted by atomic mass is 16.5. The maximum atomic E-state index is 5.75. The van der Waals surface area contributed by atoms with Crippen LogP contribution in [0.5, 0.6) is 0 Å². The molecule has 0 amide bonds. The fraction of sp³-hybridized carbons (Fsp3) is 0.667. The molecule has 3 heteroatoms. The second kappa shape index (κ2) is 7.92. The molecule has 1 aromatic rings. The summed E-state index contributed by atoms with van der Waals surface area (Å²) in [6.07, 6.45) is 2.85. The van der Waals surface area contributed by atoms with Gasteiger partial charge in [-0.2, -0.15) is 0 Å². The molecule has 2 atom stereocenters. The van der Waals surface area contributed by atoms with Crippen molar-refractivity contribution < 1.29 is 4.74 Å². The van der Waals surface area contributed by atoms with Crippen LogP contribution in [0.1, 0.15) is 42.5 Å². The smallest absolute Gasteiger partial charge is 0.0702 e. The quantitative estimate of drug-likeness (QED) is 0.835. The Balaban J connectivity index is 2.00. The van der Waals surface area contributed by atoms with Crippen LogP contribution >= 0.6 is 0 Å². The third kappa shape index (κ3) is 5.10. The van der Waals surface area contributed by atoms with Gasteiger partial charge in [-0.3, -0.25) is 0 Å². The van der Waals surface area contributed by atoms with Gasteiger partial charge in [0.15, 0.2) is 0 Å². The average molecular weight is 290 g/mol. The van der Waals surface area contributed by atoms with Crippen LogP contribution in [0.4, 0.5) is 0 Å². The first-order chi connectivity index (χ1) is 10.1. The van der Waals surface area contributed by atoms with Crippen molar-refractivity contribution >= 4 is 0 Å². The summed E-state index contributed by atoms with van der Waals surface area (Å²) in [6.45, 7) is 10.5. The second-order valence-electron chi connectivity index (χ2n) is 6.39. The average Bonchev–Trinajstić information content (AvgIpc) is 2.89. The lowest BCUT2D eigenvalue weighted by Crippen LogP contribution is -2.37. The minimum Gasteiger partial charge on any atom is -0.377 e. The first-order valence-corrected chi connectivity index (χ1v) is 8.20. The molecule has 0 bridgehead atoms. The predicted octanol–water partition coefficient (Wildman–Crippen LogP) is 3.06. The maximum Gasteiger partial charge on any atom is 0.0702 e. The molecular formula is C18H30N2O. The Morgan fingerprint density at radius 3 is 2.57 bits per heavy atom. The van der Waals surface area contributed by atoms with E-state index in [9.17, 15) is 0 Å². The Labute approximate surface area is 129 Å². The van der Waals surface area contributed by atoms with Crippen molar-refractivity contribution in [3.8, 4) is 0 Å². The molecule has 118 valence electrons. The Kier molecular flexibility index (Phi) is 6.22. The van der Waals surface area contributed by atoms with E-state index < -0.39 is 0 Å². The number of ether oxygens (including phenoxy) is 1. The molecule has 0 radical (unpaired) electrons. The van der Waals surface area contributed by atoms with Crippen LogP contribution in [0, 0.1) is 13.8 Å². The van der Waals surface area contributed by atoms with Crippen molar-refractivity contribution in [2.75, 3.05) is 33.3 Å². The number of likely N-dealkylation sites (N-methyl/N-ethyl adjacent to an activating group) is 2. The molecule has 1 aliphatic heterocycles. The number of rotatable bonds is 7. The molecule has 0 saturated carbocycles. The van der Waals surface area contributed by atoms with E-state index >= 15 is 0 Å². The molecule has 0 spiro atoms. The highest BCUT2D eigenvalue weighted by Gasteiger charge is 2.20. The molecule has 1 aliphatic rings. The SMILES string of the molecule is CCNC(CN(C)CC1CCCO1)c1cc(C)cc(C)c1. The topological polar surface area (TPSA) is 24.5 Å². The summed E-state index contributed by atoms with van der Waals surface area (Å²) in [7, 11) is 2.20. The molecule has 1 saturated heterocycles. The van der Waals surface area contributed by atoms with Crippen LogP contribution in [0.3, 0.4) is 0 Å². The summed E-state index contributed by atoms with van der Waals surface area (Å²) >= 11 is 0. The van der Waals surface area contributed by atoms with E-state index in [2.05, 4.69) is 56.2 Å². The number of nitrogens with one attached hydrogen (secondary N) is 1. The third-order valence-corrected chi connectivity index (χ3v) is 4.13. The standard InChI is InChI=1S/C18H30N2O/c1-5-19-18(16-10-14(2)9-15(3)11-16)13-20(4)12-17-7-6-8-21-17/h9-11,17-19H,5-8,12-13H2,1-4H3. The minimum atomic E-state index is 0.389. The second-order valence-corrected chi connectivity index (χ2v) is 6.39. The maximum absolute atomic E-state index is 5.75. The van der Waals surface area contributed by atoms with Crippen LogP contribution in [-0.2, 0) is 4.74 Å². The largest absolute Gasteiger partial charge is 0.377 e. The Morgan fingerprint density at radius 1 is 1.29 bits per heavy atom. The van der Waals surface area contributed by atoms with Crippen molar-refractivity contribution in [3.63, 3.8) is 0 Å². The van der Waals surface area contributed by atoms with Gasteiger partial charge in [0.25, 0.3) is 0 Å². The van der Waals surface area contributed by atoms with Crippen molar-refractivity contribution in [1.29, 1.82) is 0 Å². The van der Waals surface area contributed by atoms with Crippen molar-refractivity contribution in [2.45, 2.75) is 45.8 Å². The number of benzene rings is 1. The Bertz CT molecular complexity index is 421. The van der Waals surface area contributed by atoms with E-state index in [0.29, 0.717) is 12.1 Å². The van der Waals surface area contributed by atoms with E-state index in [4.69, 9.17) is 4.74 Å². The summed E-state index contributed by atoms with van der Waals surface area (Å²) in [5.74, 6) is 0. The van der Waals surface area contributed by atoms with Gasteiger partial charge in [-0.15, -0.1) is 0 Å². The van der Waals surface area contributed by atoms with Crippen molar-refractivity contribution in [2.24, 2.45) is 0 Å². The fourth-order valence-corrected chi connectivity index (χ4v) is 3.27. The zero-order valence-corrected chi connectivity index (χ0v) is 14.0. The molecule has 2 rings (SSSR count). The highest BCUT2D eigenvalue weighted by Crippen LogP contribution is 2.19. The lowest BCUT2D eigenvalue weighted by molar-refractivity contribution is 0.0784. The minimum absolute atomic E-state index is 0.389. The first-order valence-electron chi connectivity index (χ1n) is 8.20. The van der Waals surface area contributed by atoms with E-state index in [1.165, 1.54) is 29.5 Å². The summed E-state index contributed by atoms with van der Waals surface area (Å²) in [5.41, 5.74) is 4.08. The molecule has 3 nitrogen and oxygen atoms in total. The first kappa shape index (κ1) is 16.5. The molecule has 0 aliphatic carbocycles. The van der Waals surface area contributed by atoms with Crippen LogP contribution < -0.4 is 5.32 Å². The zero-order chi connectivity index (χ0) is 15.2. The monoisotopic (exact) mass is 290 g/mol. The van der Waals surface area contributed by atoms with Gasteiger partial charge < -0.3 is 15.0 Å². The molecule has 0 aromatic heterocycles. The number of hydrogen-bond donors (Lipinski definition) is 1. The van der Waals surface area contributed by atoms with Gasteiger partial charge in [0.2, 0.25) is 0 Å². The summed E-state index contributed by atoms with van der Waals surface area (Å²) in [5, 5.41) is 3.63. The van der Waals surface area contributed by atoms with Gasteiger partial charge in [-0.1, -0.05) is 36.2 Å². The van der Waals surface area contributed by atoms with Crippen LogP contribution in [0.15, 0.2) is 18.2 Å². The van der Waals surface area contributed by atoms with Crippen LogP contribution in [-0.4, -0.2) is 44.3 Å². The van der Waals surface area contributed by atoms with Gasteiger partial charge in [0, 0.05) is 25.7 Å². The number of aryl methyl sites for hydroxylation is 2. The summed E-state index contributed by atoms with van der Waals surface area (Å²) in [6, 6.07) is 7.24. The van der Waals surface area contributed by atoms with Gasteiger partial charge in [0.1, 0.15) is 0 Å². The molecule has 1 N–H and O–H groups in total. The molecule has 2 unspecified atom stereocenters. The van der Waals surface area contributed by atoms with E-state index in [1.54, 1.807) is 0 Å². The van der Waals surface area contributed by atoms with Gasteiger partial charge in [-0.05, 0) is 45.8 Å². The zero-order valence-electron chi connectivity index (χ0n) is 14.0. The lowest BCUT2D eigenvalue weighted by Gasteiger charge is -2.27. The summed E-state index contributed by atoms with van der Waals surface area (Å²) in [4.78, 5) is 2.40. The fourth-order valence-electron chi connectivity index (χ4n) is 3.27. The van der Waals surface area contributed by atoms with E-state index in [1.807, 2.05) is 0 Å². The van der Waals surface area contributed by atoms with E-state index in [-0.39, 0.29) is 0 Å². The van der Waals surface area contributed by atoms with Crippen LogP contribution in [0.25, 0.3) is 0 Å². The number of hydrogen-bond acceptors (Lipinski definition) is 3. The summed E-state index contributed by atoms with van der Waals surface area (Å²) < 4.78 is 5.75. The Morgan fingerprint density at radius 2 is 2.00 bits per heavy atom. The highest BCUT2D eigenvalue weighted by molar-refractivity contribution is 5.30. The van der Waals surface area contributed by atoms with Crippen molar-refractivity contribution in [1.82, 2.24) is 10.2 Å². The lowest BCUT2D eigenvalue weighted by atomic mass is 10.0. The molecule has 1 fully saturated rings. The number of nitrogens with zero attached hydrogens (tertiary/aromatic N) is 1.